The first-order valence-corrected chi connectivity index (χ1v) is 29.9. The summed E-state index contributed by atoms with van der Waals surface area (Å²) in [6, 6.07) is 16.4. The average molecular weight is 1290 g/mol. The number of hydrogen-bond donors (Lipinski definition) is 6. The second kappa shape index (κ2) is 34.1. The van der Waals surface area contributed by atoms with E-state index in [1.807, 2.05) is 119 Å². The lowest BCUT2D eigenvalue weighted by molar-refractivity contribution is -0.135. The van der Waals surface area contributed by atoms with Crippen LogP contribution in [-0.2, 0) is 35.5 Å². The van der Waals surface area contributed by atoms with Crippen LogP contribution in [0.1, 0.15) is 100 Å². The van der Waals surface area contributed by atoms with Crippen LogP contribution in [0.15, 0.2) is 63.8 Å². The number of anilines is 4. The number of aliphatic carboxylic acids is 1. The molecule has 0 fully saturated rings. The topological polar surface area (TPSA) is 286 Å². The molecule has 2 atom stereocenters. The van der Waals surface area contributed by atoms with E-state index in [2.05, 4.69) is 49.0 Å². The first kappa shape index (κ1) is 73.1. The molecule has 2 aromatic heterocycles. The number of aryl methyl sites for hydroxylation is 2. The maximum absolute atomic E-state index is 12.2. The highest BCUT2D eigenvalue weighted by Gasteiger charge is 2.32. The van der Waals surface area contributed by atoms with E-state index >= 15 is 0 Å². The van der Waals surface area contributed by atoms with Gasteiger partial charge < -0.3 is 54.0 Å². The third kappa shape index (κ3) is 24.7. The molecule has 82 heavy (non-hydrogen) atoms. The zero-order chi connectivity index (χ0) is 62.4. The number of alkyl halides is 3. The number of carboxylic acid groups (broad SMARTS) is 1. The van der Waals surface area contributed by atoms with Gasteiger partial charge in [0, 0.05) is 30.7 Å². The molecule has 0 radical (unpaired) electrons. The zero-order valence-electron chi connectivity index (χ0n) is 48.3. The van der Waals surface area contributed by atoms with Crippen LogP contribution in [0, 0.1) is 6.92 Å². The molecule has 6 rings (SSSR count). The SMILES string of the molecule is CC(C)Oc1cc(-n2nc(C(C)(C)C)oc2=O)c(Cl)cc1Cl.CC1COc2ccccc2N1C(=O)C(Cl)Cl.CCNc1nc(Cl)nc(NC(C)(C)C)n1.CCc1cccc(C)c1N(C(=O)CCl)C(C)COC.O=C(O)CNCP(=O)(O)O. The first-order valence-electron chi connectivity index (χ1n) is 25.5. The molecule has 2 amide bonds. The molecular formula is C53H75Cl6N10O12P. The molecule has 0 aliphatic carbocycles. The highest BCUT2D eigenvalue weighted by atomic mass is 35.5. The molecule has 6 N–H and O–H groups in total. The predicted molar refractivity (Wildman–Crippen MR) is 326 cm³/mol. The Morgan fingerprint density at radius 2 is 1.56 bits per heavy atom. The van der Waals surface area contributed by atoms with Gasteiger partial charge in [-0.3, -0.25) is 24.3 Å². The summed E-state index contributed by atoms with van der Waals surface area (Å²) in [5, 5.41) is 21.2. The molecule has 3 aromatic carbocycles. The smallest absolute Gasteiger partial charge is 0.442 e. The fourth-order valence-electron chi connectivity index (χ4n) is 7.11. The van der Waals surface area contributed by atoms with E-state index in [-0.39, 0.29) is 57.1 Å². The average Bonchev–Trinajstić information content (AvgIpc) is 3.93. The third-order valence-corrected chi connectivity index (χ3v) is 12.5. The van der Waals surface area contributed by atoms with Crippen molar-refractivity contribution in [2.45, 2.75) is 130 Å². The maximum Gasteiger partial charge on any atom is 0.442 e. The number of carbonyl (C=O) groups excluding carboxylic acids is 2. The molecule has 3 heterocycles. The molecule has 456 valence electrons. The Balaban J connectivity index is 0.000000357. The summed E-state index contributed by atoms with van der Waals surface area (Å²) >= 11 is 35.1. The van der Waals surface area contributed by atoms with Gasteiger partial charge in [0.15, 0.2) is 4.84 Å². The fraction of sp³-hybridized carbons (Fsp3) is 0.509. The van der Waals surface area contributed by atoms with E-state index in [1.54, 1.807) is 23.0 Å². The summed E-state index contributed by atoms with van der Waals surface area (Å²) in [6.07, 6.45) is 0.216. The van der Waals surface area contributed by atoms with Gasteiger partial charge in [0.1, 0.15) is 24.0 Å². The Bertz CT molecular complexity index is 2970. The van der Waals surface area contributed by atoms with Crippen molar-refractivity contribution < 1.29 is 52.5 Å². The Morgan fingerprint density at radius 3 is 2.09 bits per heavy atom. The largest absolute Gasteiger partial charge is 0.489 e. The molecule has 0 bridgehead atoms. The predicted octanol–water partition coefficient (Wildman–Crippen LogP) is 10.9. The van der Waals surface area contributed by atoms with Gasteiger partial charge in [-0.05, 0) is 110 Å². The molecule has 22 nitrogen and oxygen atoms in total. The number of carboxylic acids is 1. The number of fused-ring (bicyclic) bond motifs is 1. The van der Waals surface area contributed by atoms with Crippen LogP contribution in [-0.4, -0.2) is 132 Å². The van der Waals surface area contributed by atoms with Crippen molar-refractivity contribution >= 4 is 118 Å². The maximum atomic E-state index is 12.2. The van der Waals surface area contributed by atoms with Crippen LogP contribution in [0.3, 0.4) is 0 Å². The second-order valence-corrected chi connectivity index (χ2v) is 24.5. The number of aromatic nitrogens is 5. The monoisotopic (exact) mass is 1280 g/mol. The Kier molecular flexibility index (Phi) is 30.4. The van der Waals surface area contributed by atoms with Crippen molar-refractivity contribution in [3.8, 4) is 17.2 Å². The number of amides is 2. The van der Waals surface area contributed by atoms with Crippen LogP contribution >= 0.6 is 77.2 Å². The van der Waals surface area contributed by atoms with Gasteiger partial charge in [0.25, 0.3) is 5.91 Å². The quantitative estimate of drug-likeness (QED) is 0.0373. The van der Waals surface area contributed by atoms with E-state index in [1.165, 1.54) is 6.07 Å². The summed E-state index contributed by atoms with van der Waals surface area (Å²) in [7, 11) is -2.46. The normalized spacial score (nSPS) is 13.3. The van der Waals surface area contributed by atoms with Gasteiger partial charge in [-0.2, -0.15) is 19.6 Å². The minimum absolute atomic E-state index is 0.0223. The number of hydrogen-bond acceptors (Lipinski definition) is 16. The van der Waals surface area contributed by atoms with E-state index in [0.29, 0.717) is 53.2 Å². The van der Waals surface area contributed by atoms with Crippen LogP contribution < -0.4 is 41.0 Å². The lowest BCUT2D eigenvalue weighted by Gasteiger charge is -2.35. The Morgan fingerprint density at radius 1 is 0.927 bits per heavy atom. The standard InChI is InChI=1S/C15H18Cl2N2O3.C15H22ClNO2.C11H11Cl2NO2.C9H16ClN5.C3H8NO5P/c1-8(2)21-12-7-11(9(16)6-10(12)17)19-14(20)22-13(18-19)15(3,4)5;1-5-13-8-6-7-11(2)15(13)17(14(18)9-16)12(3)10-19-4;1-7-6-16-9-5-3-2-4-8(9)14(7)11(15)10(12)13;1-5-11-7-12-6(10)13-8(14-7)15-9(2,3)4;5-3(6)1-4-2-10(7,8)9/h6-8H,1-5H3;6-8,12H,5,9-10H2,1-4H3;2-5,7,10H,6H2,1H3;5H2,1-4H3,(H2,11,12,13,14,15);4H,1-2H2,(H,5,6)(H2,7,8,9). The molecular weight excluding hydrogens is 1210 g/mol. The van der Waals surface area contributed by atoms with E-state index in [4.69, 9.17) is 103 Å². The number of nitrogens with zero attached hydrogens (tertiary/aromatic N) is 7. The summed E-state index contributed by atoms with van der Waals surface area (Å²) in [5.41, 5.74) is 3.81. The number of para-hydroxylation sites is 3. The lowest BCUT2D eigenvalue weighted by Crippen LogP contribution is -2.47. The van der Waals surface area contributed by atoms with Crippen molar-refractivity contribution in [1.29, 1.82) is 0 Å². The summed E-state index contributed by atoms with van der Waals surface area (Å²) < 4.78 is 32.7. The van der Waals surface area contributed by atoms with E-state index < -0.39 is 37.0 Å². The van der Waals surface area contributed by atoms with Crippen molar-refractivity contribution in [3.05, 3.63) is 97.5 Å². The number of nitrogens with one attached hydrogen (secondary N) is 3. The van der Waals surface area contributed by atoms with Crippen LogP contribution in [0.4, 0.5) is 23.3 Å². The molecule has 1 aliphatic heterocycles. The Labute approximate surface area is 509 Å². The molecule has 29 heteroatoms. The van der Waals surface area contributed by atoms with Crippen LogP contribution in [0.25, 0.3) is 5.69 Å². The van der Waals surface area contributed by atoms with Gasteiger partial charge >= 0.3 is 19.3 Å². The highest BCUT2D eigenvalue weighted by molar-refractivity contribution is 7.51. The van der Waals surface area contributed by atoms with Crippen molar-refractivity contribution in [1.82, 2.24) is 30.0 Å². The summed E-state index contributed by atoms with van der Waals surface area (Å²) in [4.78, 5) is 76.7. The summed E-state index contributed by atoms with van der Waals surface area (Å²) in [5.74, 6) is 0.245. The number of benzene rings is 3. The van der Waals surface area contributed by atoms with Gasteiger partial charge in [-0.1, -0.05) is 104 Å². The molecule has 1 aliphatic rings. The van der Waals surface area contributed by atoms with Crippen molar-refractivity contribution in [2.24, 2.45) is 0 Å². The van der Waals surface area contributed by atoms with E-state index in [0.717, 1.165) is 40.1 Å². The number of carbonyl (C=O) groups is 3. The van der Waals surface area contributed by atoms with Gasteiger partial charge in [-0.25, -0.2) is 4.79 Å². The van der Waals surface area contributed by atoms with E-state index in [9.17, 15) is 23.7 Å². The molecule has 0 saturated carbocycles. The molecule has 0 saturated heterocycles. The second-order valence-electron chi connectivity index (χ2n) is 20.3. The molecule has 5 aromatic rings. The van der Waals surface area contributed by atoms with Gasteiger partial charge in [0.2, 0.25) is 29.0 Å². The third-order valence-electron chi connectivity index (χ3n) is 10.4. The summed E-state index contributed by atoms with van der Waals surface area (Å²) in [6.45, 7) is 26.7. The fourth-order valence-corrected chi connectivity index (χ4v) is 8.52. The number of ether oxygens (including phenoxy) is 3. The lowest BCUT2D eigenvalue weighted by atomic mass is 9.97. The highest BCUT2D eigenvalue weighted by Crippen LogP contribution is 2.36. The first-order chi connectivity index (χ1) is 38.1. The van der Waals surface area contributed by atoms with Gasteiger partial charge in [-0.15, -0.1) is 16.7 Å². The van der Waals surface area contributed by atoms with Crippen LogP contribution in [0.5, 0.6) is 11.5 Å². The number of halogens is 6. The van der Waals surface area contributed by atoms with Crippen molar-refractivity contribution in [2.75, 3.05) is 66.0 Å². The Hall–Kier alpha value is -4.97. The number of methoxy groups -OCH3 is 1. The van der Waals surface area contributed by atoms with Crippen LogP contribution in [0.2, 0.25) is 15.3 Å². The molecule has 2 unspecified atom stereocenters. The zero-order valence-corrected chi connectivity index (χ0v) is 53.7. The minimum Gasteiger partial charge on any atom is -0.489 e. The molecule has 0 spiro atoms. The van der Waals surface area contributed by atoms with Gasteiger partial charge in [0.05, 0.1) is 64.7 Å². The number of rotatable bonds is 17. The minimum atomic E-state index is -4.10. The van der Waals surface area contributed by atoms with Crippen molar-refractivity contribution in [3.63, 3.8) is 0 Å².